The molecule has 150 valence electrons. The summed E-state index contributed by atoms with van der Waals surface area (Å²) < 4.78 is 1.87. The minimum atomic E-state index is -0.187. The summed E-state index contributed by atoms with van der Waals surface area (Å²) in [4.78, 5) is 24.4. The number of halogens is 1. The first kappa shape index (κ1) is 20.9. The van der Waals surface area contributed by atoms with Crippen LogP contribution in [0.2, 0.25) is 5.02 Å². The molecule has 0 bridgehead atoms. The van der Waals surface area contributed by atoms with Gasteiger partial charge >= 0.3 is 0 Å². The smallest absolute Gasteiger partial charge is 0.251 e. The summed E-state index contributed by atoms with van der Waals surface area (Å²) in [7, 11) is 0. The Hall–Kier alpha value is -2.84. The van der Waals surface area contributed by atoms with E-state index < -0.39 is 0 Å². The standard InChI is InChI=1S/C20H20ClN5O2S/c1-2-26-17(12-22-19(28)14-8-4-3-5-9-14)24-25-20(26)29-13-18(27)23-16-11-7-6-10-15(16)21/h3-11H,2,12-13H2,1H3,(H,22,28)(H,23,27). The van der Waals surface area contributed by atoms with Gasteiger partial charge < -0.3 is 15.2 Å². The van der Waals surface area contributed by atoms with Crippen molar-refractivity contribution in [2.24, 2.45) is 0 Å². The van der Waals surface area contributed by atoms with E-state index in [0.717, 1.165) is 0 Å². The van der Waals surface area contributed by atoms with Crippen molar-refractivity contribution in [3.05, 3.63) is 71.0 Å². The number of hydrogen-bond donors (Lipinski definition) is 2. The van der Waals surface area contributed by atoms with Gasteiger partial charge in [0, 0.05) is 12.1 Å². The lowest BCUT2D eigenvalue weighted by atomic mass is 10.2. The van der Waals surface area contributed by atoms with Gasteiger partial charge in [-0.3, -0.25) is 9.59 Å². The lowest BCUT2D eigenvalue weighted by molar-refractivity contribution is -0.113. The molecular weight excluding hydrogens is 410 g/mol. The highest BCUT2D eigenvalue weighted by Gasteiger charge is 2.15. The number of hydrogen-bond acceptors (Lipinski definition) is 5. The number of aromatic nitrogens is 3. The summed E-state index contributed by atoms with van der Waals surface area (Å²) in [5.41, 5.74) is 1.15. The minimum Gasteiger partial charge on any atom is -0.345 e. The monoisotopic (exact) mass is 429 g/mol. The Morgan fingerprint density at radius 2 is 1.79 bits per heavy atom. The lowest BCUT2D eigenvalue weighted by Crippen LogP contribution is -2.24. The van der Waals surface area contributed by atoms with Crippen LogP contribution in [0.1, 0.15) is 23.1 Å². The van der Waals surface area contributed by atoms with E-state index in [0.29, 0.717) is 33.8 Å². The van der Waals surface area contributed by atoms with E-state index in [1.807, 2.05) is 29.7 Å². The molecule has 9 heteroatoms. The van der Waals surface area contributed by atoms with E-state index in [-0.39, 0.29) is 24.1 Å². The summed E-state index contributed by atoms with van der Waals surface area (Å²) >= 11 is 7.34. The molecule has 1 aromatic heterocycles. The Kier molecular flexibility index (Phi) is 7.26. The van der Waals surface area contributed by atoms with Crippen molar-refractivity contribution in [2.75, 3.05) is 11.1 Å². The number of nitrogens with zero attached hydrogens (tertiary/aromatic N) is 3. The number of carbonyl (C=O) groups is 2. The molecule has 7 nitrogen and oxygen atoms in total. The van der Waals surface area contributed by atoms with Crippen LogP contribution >= 0.6 is 23.4 Å². The molecule has 0 aliphatic heterocycles. The normalized spacial score (nSPS) is 10.6. The van der Waals surface area contributed by atoms with Gasteiger partial charge in [0.1, 0.15) is 0 Å². The lowest BCUT2D eigenvalue weighted by Gasteiger charge is -2.09. The van der Waals surface area contributed by atoms with Crippen molar-refractivity contribution in [3.63, 3.8) is 0 Å². The van der Waals surface area contributed by atoms with Crippen LogP contribution in [-0.2, 0) is 17.9 Å². The molecule has 0 atom stereocenters. The number of rotatable bonds is 8. The summed E-state index contributed by atoms with van der Waals surface area (Å²) in [6.45, 7) is 2.83. The fourth-order valence-electron chi connectivity index (χ4n) is 2.60. The van der Waals surface area contributed by atoms with Crippen LogP contribution < -0.4 is 10.6 Å². The molecule has 3 aromatic rings. The molecule has 2 aromatic carbocycles. The molecule has 2 N–H and O–H groups in total. The van der Waals surface area contributed by atoms with Crippen molar-refractivity contribution in [3.8, 4) is 0 Å². The fraction of sp³-hybridized carbons (Fsp3) is 0.200. The molecule has 0 saturated carbocycles. The van der Waals surface area contributed by atoms with E-state index in [4.69, 9.17) is 11.6 Å². The highest BCUT2D eigenvalue weighted by Crippen LogP contribution is 2.22. The molecule has 0 fully saturated rings. The average molecular weight is 430 g/mol. The first-order chi connectivity index (χ1) is 14.1. The maximum atomic E-state index is 12.2. The Balaban J connectivity index is 1.57. The van der Waals surface area contributed by atoms with Gasteiger partial charge in [-0.15, -0.1) is 10.2 Å². The average Bonchev–Trinajstić information content (AvgIpc) is 3.14. The Morgan fingerprint density at radius 3 is 2.52 bits per heavy atom. The number of carbonyl (C=O) groups excluding carboxylic acids is 2. The second-order valence-corrected chi connectivity index (χ2v) is 7.36. The minimum absolute atomic E-state index is 0.166. The predicted molar refractivity (Wildman–Crippen MR) is 114 cm³/mol. The van der Waals surface area contributed by atoms with Gasteiger partial charge in [-0.1, -0.05) is 53.7 Å². The summed E-state index contributed by atoms with van der Waals surface area (Å²) in [6.07, 6.45) is 0. The van der Waals surface area contributed by atoms with E-state index in [1.165, 1.54) is 11.8 Å². The van der Waals surface area contributed by atoms with Crippen LogP contribution in [0.15, 0.2) is 59.8 Å². The number of thioether (sulfide) groups is 1. The second kappa shape index (κ2) is 10.1. The highest BCUT2D eigenvalue weighted by molar-refractivity contribution is 7.99. The Bertz CT molecular complexity index is 994. The van der Waals surface area contributed by atoms with Crippen molar-refractivity contribution in [1.82, 2.24) is 20.1 Å². The van der Waals surface area contributed by atoms with Crippen LogP contribution in [-0.4, -0.2) is 32.3 Å². The third-order valence-electron chi connectivity index (χ3n) is 4.03. The Labute approximate surface area is 177 Å². The largest absolute Gasteiger partial charge is 0.345 e. The predicted octanol–water partition coefficient (Wildman–Crippen LogP) is 3.61. The van der Waals surface area contributed by atoms with Crippen LogP contribution in [0.4, 0.5) is 5.69 Å². The molecule has 0 spiro atoms. The molecule has 2 amide bonds. The van der Waals surface area contributed by atoms with Crippen LogP contribution in [0.25, 0.3) is 0 Å². The summed E-state index contributed by atoms with van der Waals surface area (Å²) in [5, 5.41) is 15.0. The second-order valence-electron chi connectivity index (χ2n) is 6.01. The zero-order chi connectivity index (χ0) is 20.6. The molecule has 29 heavy (non-hydrogen) atoms. The van der Waals surface area contributed by atoms with Gasteiger partial charge in [0.2, 0.25) is 5.91 Å². The molecule has 3 rings (SSSR count). The van der Waals surface area contributed by atoms with Crippen LogP contribution in [0.5, 0.6) is 0 Å². The maximum Gasteiger partial charge on any atom is 0.251 e. The van der Waals surface area contributed by atoms with Crippen molar-refractivity contribution in [1.29, 1.82) is 0 Å². The van der Waals surface area contributed by atoms with Crippen molar-refractivity contribution >= 4 is 40.9 Å². The number of nitrogens with one attached hydrogen (secondary N) is 2. The molecule has 0 aliphatic rings. The van der Waals surface area contributed by atoms with E-state index in [9.17, 15) is 9.59 Å². The van der Waals surface area contributed by atoms with Gasteiger partial charge in [0.05, 0.1) is 23.0 Å². The summed E-state index contributed by atoms with van der Waals surface area (Å²) in [6, 6.07) is 16.0. The zero-order valence-corrected chi connectivity index (χ0v) is 17.3. The maximum absolute atomic E-state index is 12.2. The highest BCUT2D eigenvalue weighted by atomic mass is 35.5. The number of anilines is 1. The first-order valence-corrected chi connectivity index (χ1v) is 10.4. The third-order valence-corrected chi connectivity index (χ3v) is 5.33. The van der Waals surface area contributed by atoms with Gasteiger partial charge in [-0.2, -0.15) is 0 Å². The van der Waals surface area contributed by atoms with Crippen molar-refractivity contribution in [2.45, 2.75) is 25.2 Å². The van der Waals surface area contributed by atoms with Gasteiger partial charge in [0.25, 0.3) is 5.91 Å². The quantitative estimate of drug-likeness (QED) is 0.534. The molecule has 0 aliphatic carbocycles. The fourth-order valence-corrected chi connectivity index (χ4v) is 3.61. The van der Waals surface area contributed by atoms with Gasteiger partial charge in [0.15, 0.2) is 11.0 Å². The molecular formula is C20H20ClN5O2S. The molecule has 0 unspecified atom stereocenters. The van der Waals surface area contributed by atoms with E-state index in [1.54, 1.807) is 36.4 Å². The molecule has 1 heterocycles. The van der Waals surface area contributed by atoms with E-state index >= 15 is 0 Å². The van der Waals surface area contributed by atoms with E-state index in [2.05, 4.69) is 20.8 Å². The molecule has 0 saturated heterocycles. The summed E-state index contributed by atoms with van der Waals surface area (Å²) in [5.74, 6) is 0.433. The van der Waals surface area contributed by atoms with Crippen molar-refractivity contribution < 1.29 is 9.59 Å². The number of para-hydroxylation sites is 1. The van der Waals surface area contributed by atoms with Crippen LogP contribution in [0, 0.1) is 0 Å². The van der Waals surface area contributed by atoms with Gasteiger partial charge in [-0.05, 0) is 31.2 Å². The molecule has 0 radical (unpaired) electrons. The van der Waals surface area contributed by atoms with Gasteiger partial charge in [-0.25, -0.2) is 0 Å². The number of benzene rings is 2. The number of amides is 2. The topological polar surface area (TPSA) is 88.9 Å². The third kappa shape index (κ3) is 5.58. The first-order valence-electron chi connectivity index (χ1n) is 9.01. The SMILES string of the molecule is CCn1c(CNC(=O)c2ccccc2)nnc1SCC(=O)Nc1ccccc1Cl. The van der Waals surface area contributed by atoms with Crippen LogP contribution in [0.3, 0.4) is 0 Å². The Morgan fingerprint density at radius 1 is 1.07 bits per heavy atom. The zero-order valence-electron chi connectivity index (χ0n) is 15.8.